The maximum Gasteiger partial charge on any atom is 0.252 e. The van der Waals surface area contributed by atoms with Crippen LogP contribution in [0.1, 0.15) is 36.7 Å². The first-order valence-electron chi connectivity index (χ1n) is 9.44. The van der Waals surface area contributed by atoms with E-state index in [1.807, 2.05) is 58.0 Å². The predicted molar refractivity (Wildman–Crippen MR) is 112 cm³/mol. The fourth-order valence-corrected chi connectivity index (χ4v) is 2.84. The van der Waals surface area contributed by atoms with Crippen molar-refractivity contribution in [1.29, 1.82) is 0 Å². The van der Waals surface area contributed by atoms with Crippen LogP contribution in [-0.4, -0.2) is 28.9 Å². The SMILES string of the molecule is Cc1ccc(-c2cnc(-c3ccccc3C(=O)NCC(=O)NC(C)(C)C)o2)cc1. The molecule has 150 valence electrons. The molecular formula is C23H25N3O3. The van der Waals surface area contributed by atoms with Gasteiger partial charge in [-0.05, 0) is 39.8 Å². The lowest BCUT2D eigenvalue weighted by Crippen LogP contribution is -2.45. The molecule has 2 aromatic carbocycles. The minimum Gasteiger partial charge on any atom is -0.436 e. The third-order valence-corrected chi connectivity index (χ3v) is 4.17. The van der Waals surface area contributed by atoms with E-state index in [0.717, 1.165) is 11.1 Å². The maximum atomic E-state index is 12.7. The fourth-order valence-electron chi connectivity index (χ4n) is 2.84. The Morgan fingerprint density at radius 1 is 1.03 bits per heavy atom. The summed E-state index contributed by atoms with van der Waals surface area (Å²) in [7, 11) is 0. The lowest BCUT2D eigenvalue weighted by Gasteiger charge is -2.20. The Balaban J connectivity index is 1.78. The molecule has 0 saturated heterocycles. The van der Waals surface area contributed by atoms with E-state index in [9.17, 15) is 9.59 Å². The van der Waals surface area contributed by atoms with Gasteiger partial charge in [-0.15, -0.1) is 0 Å². The molecule has 1 heterocycles. The Bertz CT molecular complexity index is 1010. The predicted octanol–water partition coefficient (Wildman–Crippen LogP) is 3.96. The molecule has 0 atom stereocenters. The number of nitrogens with zero attached hydrogens (tertiary/aromatic N) is 1. The van der Waals surface area contributed by atoms with Crippen molar-refractivity contribution in [2.75, 3.05) is 6.54 Å². The van der Waals surface area contributed by atoms with Crippen LogP contribution in [0.2, 0.25) is 0 Å². The summed E-state index contributed by atoms with van der Waals surface area (Å²) in [4.78, 5) is 29.0. The van der Waals surface area contributed by atoms with Crippen LogP contribution in [0.5, 0.6) is 0 Å². The number of benzene rings is 2. The molecule has 1 aromatic heterocycles. The van der Waals surface area contributed by atoms with Gasteiger partial charge in [-0.3, -0.25) is 9.59 Å². The van der Waals surface area contributed by atoms with Crippen LogP contribution in [0, 0.1) is 6.92 Å². The average molecular weight is 391 g/mol. The van der Waals surface area contributed by atoms with E-state index in [-0.39, 0.29) is 23.9 Å². The van der Waals surface area contributed by atoms with E-state index in [0.29, 0.717) is 22.8 Å². The van der Waals surface area contributed by atoms with Gasteiger partial charge in [0.15, 0.2) is 5.76 Å². The molecule has 0 aliphatic rings. The highest BCUT2D eigenvalue weighted by atomic mass is 16.4. The second-order valence-corrected chi connectivity index (χ2v) is 7.92. The largest absolute Gasteiger partial charge is 0.436 e. The van der Waals surface area contributed by atoms with Crippen molar-refractivity contribution >= 4 is 11.8 Å². The van der Waals surface area contributed by atoms with E-state index in [2.05, 4.69) is 15.6 Å². The molecule has 0 bridgehead atoms. The summed E-state index contributed by atoms with van der Waals surface area (Å²) >= 11 is 0. The first-order valence-corrected chi connectivity index (χ1v) is 9.44. The van der Waals surface area contributed by atoms with E-state index in [1.54, 1.807) is 24.4 Å². The molecule has 0 aliphatic heterocycles. The minimum atomic E-state index is -0.361. The quantitative estimate of drug-likeness (QED) is 0.689. The summed E-state index contributed by atoms with van der Waals surface area (Å²) in [5.41, 5.74) is 2.68. The van der Waals surface area contributed by atoms with Crippen molar-refractivity contribution in [1.82, 2.24) is 15.6 Å². The van der Waals surface area contributed by atoms with Crippen molar-refractivity contribution in [2.24, 2.45) is 0 Å². The Morgan fingerprint density at radius 2 is 1.72 bits per heavy atom. The number of carbonyl (C=O) groups is 2. The first kappa shape index (κ1) is 20.3. The van der Waals surface area contributed by atoms with Gasteiger partial charge in [0.25, 0.3) is 5.91 Å². The number of amides is 2. The number of aromatic nitrogens is 1. The molecule has 6 nitrogen and oxygen atoms in total. The van der Waals surface area contributed by atoms with Crippen LogP contribution in [-0.2, 0) is 4.79 Å². The van der Waals surface area contributed by atoms with E-state index in [1.165, 1.54) is 0 Å². The van der Waals surface area contributed by atoms with Crippen molar-refractivity contribution in [3.63, 3.8) is 0 Å². The number of hydrogen-bond acceptors (Lipinski definition) is 4. The third kappa shape index (κ3) is 5.31. The number of nitrogens with one attached hydrogen (secondary N) is 2. The third-order valence-electron chi connectivity index (χ3n) is 4.17. The summed E-state index contributed by atoms with van der Waals surface area (Å²) in [6, 6.07) is 15.0. The van der Waals surface area contributed by atoms with Gasteiger partial charge in [0.2, 0.25) is 11.8 Å². The molecule has 2 amide bonds. The van der Waals surface area contributed by atoms with Crippen LogP contribution >= 0.6 is 0 Å². The highest BCUT2D eigenvalue weighted by Crippen LogP contribution is 2.28. The Hall–Kier alpha value is -3.41. The van der Waals surface area contributed by atoms with Crippen molar-refractivity contribution in [3.05, 3.63) is 65.9 Å². The van der Waals surface area contributed by atoms with Crippen LogP contribution in [0.3, 0.4) is 0 Å². The lowest BCUT2D eigenvalue weighted by atomic mass is 10.1. The van der Waals surface area contributed by atoms with Crippen LogP contribution in [0.15, 0.2) is 59.1 Å². The number of aryl methyl sites for hydroxylation is 1. The van der Waals surface area contributed by atoms with Gasteiger partial charge in [0, 0.05) is 16.7 Å². The molecule has 3 rings (SSSR count). The van der Waals surface area contributed by atoms with E-state index >= 15 is 0 Å². The number of rotatable bonds is 5. The summed E-state index contributed by atoms with van der Waals surface area (Å²) in [5.74, 6) is 0.367. The van der Waals surface area contributed by atoms with Gasteiger partial charge >= 0.3 is 0 Å². The molecule has 3 aromatic rings. The first-order chi connectivity index (χ1) is 13.7. The standard InChI is InChI=1S/C23H25N3O3/c1-15-9-11-16(12-10-15)19-13-25-22(29-19)18-8-6-5-7-17(18)21(28)24-14-20(27)26-23(2,3)4/h5-13H,14H2,1-4H3,(H,24,28)(H,26,27). The van der Waals surface area contributed by atoms with Gasteiger partial charge in [-0.1, -0.05) is 42.0 Å². The fraction of sp³-hybridized carbons (Fsp3) is 0.261. The topological polar surface area (TPSA) is 84.2 Å². The highest BCUT2D eigenvalue weighted by molar-refractivity contribution is 6.01. The number of hydrogen-bond donors (Lipinski definition) is 2. The Morgan fingerprint density at radius 3 is 2.41 bits per heavy atom. The molecule has 0 saturated carbocycles. The average Bonchev–Trinajstić information content (AvgIpc) is 3.15. The number of carbonyl (C=O) groups excluding carboxylic acids is 2. The zero-order valence-electron chi connectivity index (χ0n) is 17.1. The normalized spacial score (nSPS) is 11.2. The molecule has 0 radical (unpaired) electrons. The van der Waals surface area contributed by atoms with Crippen LogP contribution in [0.25, 0.3) is 22.8 Å². The molecule has 2 N–H and O–H groups in total. The Labute approximate surface area is 170 Å². The summed E-state index contributed by atoms with van der Waals surface area (Å²) < 4.78 is 5.91. The molecule has 6 heteroatoms. The second kappa shape index (κ2) is 8.31. The molecule has 0 spiro atoms. The molecular weight excluding hydrogens is 366 g/mol. The highest BCUT2D eigenvalue weighted by Gasteiger charge is 2.19. The van der Waals surface area contributed by atoms with Gasteiger partial charge in [-0.2, -0.15) is 0 Å². The molecule has 0 unspecified atom stereocenters. The number of oxazole rings is 1. The van der Waals surface area contributed by atoms with E-state index in [4.69, 9.17) is 4.42 Å². The summed E-state index contributed by atoms with van der Waals surface area (Å²) in [6.45, 7) is 7.57. The van der Waals surface area contributed by atoms with Gasteiger partial charge in [-0.25, -0.2) is 4.98 Å². The van der Waals surface area contributed by atoms with Gasteiger partial charge in [0.1, 0.15) is 0 Å². The van der Waals surface area contributed by atoms with Gasteiger partial charge in [0.05, 0.1) is 18.3 Å². The van der Waals surface area contributed by atoms with Crippen LogP contribution < -0.4 is 10.6 Å². The minimum absolute atomic E-state index is 0.107. The smallest absolute Gasteiger partial charge is 0.252 e. The van der Waals surface area contributed by atoms with Crippen molar-refractivity contribution in [2.45, 2.75) is 33.2 Å². The van der Waals surface area contributed by atoms with Crippen LogP contribution in [0.4, 0.5) is 0 Å². The van der Waals surface area contributed by atoms with Crippen molar-refractivity contribution in [3.8, 4) is 22.8 Å². The van der Waals surface area contributed by atoms with Gasteiger partial charge < -0.3 is 15.1 Å². The molecule has 0 fully saturated rings. The second-order valence-electron chi connectivity index (χ2n) is 7.92. The monoisotopic (exact) mass is 391 g/mol. The lowest BCUT2D eigenvalue weighted by molar-refractivity contribution is -0.121. The summed E-state index contributed by atoms with van der Waals surface area (Å²) in [6.07, 6.45) is 1.64. The Kier molecular flexibility index (Phi) is 5.82. The zero-order chi connectivity index (χ0) is 21.0. The molecule has 0 aliphatic carbocycles. The maximum absolute atomic E-state index is 12.7. The molecule has 29 heavy (non-hydrogen) atoms. The van der Waals surface area contributed by atoms with Crippen molar-refractivity contribution < 1.29 is 14.0 Å². The van der Waals surface area contributed by atoms with E-state index < -0.39 is 0 Å². The summed E-state index contributed by atoms with van der Waals surface area (Å²) in [5, 5.41) is 5.47. The zero-order valence-corrected chi connectivity index (χ0v) is 17.1.